The van der Waals surface area contributed by atoms with E-state index >= 15 is 0 Å². The molecule has 1 saturated heterocycles. The second-order valence-corrected chi connectivity index (χ2v) is 6.68. The highest BCUT2D eigenvalue weighted by Crippen LogP contribution is 2.24. The molecule has 5 heteroatoms. The summed E-state index contributed by atoms with van der Waals surface area (Å²) in [4.78, 5) is 4.93. The van der Waals surface area contributed by atoms with E-state index in [-0.39, 0.29) is 0 Å². The molecule has 1 aliphatic rings. The molecule has 1 aliphatic heterocycles. The first-order valence-electron chi connectivity index (χ1n) is 8.15. The third-order valence-corrected chi connectivity index (χ3v) is 4.19. The van der Waals surface area contributed by atoms with Gasteiger partial charge in [-0.3, -0.25) is 4.68 Å². The van der Waals surface area contributed by atoms with E-state index in [1.54, 1.807) is 0 Å². The minimum Gasteiger partial charge on any atom is -0.355 e. The molecule has 120 valence electrons. The van der Waals surface area contributed by atoms with Crippen molar-refractivity contribution in [3.8, 4) is 0 Å². The maximum absolute atomic E-state index is 4.66. The summed E-state index contributed by atoms with van der Waals surface area (Å²) >= 11 is 0. The van der Waals surface area contributed by atoms with Crippen LogP contribution in [0.15, 0.2) is 0 Å². The summed E-state index contributed by atoms with van der Waals surface area (Å²) in [6.45, 7) is 13.1. The Morgan fingerprint density at radius 1 is 1.14 bits per heavy atom. The van der Waals surface area contributed by atoms with Crippen LogP contribution >= 0.6 is 0 Å². The van der Waals surface area contributed by atoms with Crippen LogP contribution in [0.5, 0.6) is 0 Å². The Hall–Kier alpha value is -1.07. The fourth-order valence-electron chi connectivity index (χ4n) is 3.04. The summed E-state index contributed by atoms with van der Waals surface area (Å²) in [6, 6.07) is 0. The molecule has 1 aromatic rings. The minimum absolute atomic E-state index is 0.678. The number of nitrogens with zero attached hydrogens (tertiary/aromatic N) is 4. The standard InChI is InChI=1S/C16H31N5/c1-13(2)11-17-12-15-14(3)18-20(5)16(15)21-8-6-7-19(4)9-10-21/h13,17H,6-12H2,1-5H3. The van der Waals surface area contributed by atoms with Crippen LogP contribution in [0.4, 0.5) is 5.82 Å². The highest BCUT2D eigenvalue weighted by Gasteiger charge is 2.21. The molecule has 1 aromatic heterocycles. The number of hydrogen-bond acceptors (Lipinski definition) is 4. The summed E-state index contributed by atoms with van der Waals surface area (Å²) in [6.07, 6.45) is 1.22. The molecule has 0 atom stereocenters. The predicted molar refractivity (Wildman–Crippen MR) is 88.8 cm³/mol. The lowest BCUT2D eigenvalue weighted by Crippen LogP contribution is -2.31. The SMILES string of the molecule is Cc1nn(C)c(N2CCCN(C)CC2)c1CNCC(C)C. The zero-order valence-electron chi connectivity index (χ0n) is 14.3. The number of nitrogens with one attached hydrogen (secondary N) is 1. The van der Waals surface area contributed by atoms with Crippen LogP contribution in [-0.4, -0.2) is 54.5 Å². The number of aryl methyl sites for hydroxylation is 2. The highest BCUT2D eigenvalue weighted by molar-refractivity contribution is 5.50. The minimum atomic E-state index is 0.678. The second kappa shape index (κ2) is 7.27. The van der Waals surface area contributed by atoms with E-state index in [4.69, 9.17) is 0 Å². The molecule has 2 rings (SSSR count). The van der Waals surface area contributed by atoms with Gasteiger partial charge in [0.05, 0.1) is 5.69 Å². The molecule has 1 fully saturated rings. The van der Waals surface area contributed by atoms with Crippen molar-refractivity contribution in [3.05, 3.63) is 11.3 Å². The number of hydrogen-bond donors (Lipinski definition) is 1. The predicted octanol–water partition coefficient (Wildman–Crippen LogP) is 1.62. The van der Waals surface area contributed by atoms with Gasteiger partial charge < -0.3 is 15.1 Å². The van der Waals surface area contributed by atoms with E-state index < -0.39 is 0 Å². The van der Waals surface area contributed by atoms with Crippen LogP contribution in [0.25, 0.3) is 0 Å². The Balaban J connectivity index is 2.13. The third kappa shape index (κ3) is 4.20. The summed E-state index contributed by atoms with van der Waals surface area (Å²) in [5.74, 6) is 1.98. The third-order valence-electron chi connectivity index (χ3n) is 4.19. The first kappa shape index (κ1) is 16.3. The highest BCUT2D eigenvalue weighted by atomic mass is 15.4. The van der Waals surface area contributed by atoms with Crippen molar-refractivity contribution in [1.29, 1.82) is 0 Å². The maximum Gasteiger partial charge on any atom is 0.131 e. The van der Waals surface area contributed by atoms with Gasteiger partial charge in [0, 0.05) is 38.8 Å². The monoisotopic (exact) mass is 293 g/mol. The van der Waals surface area contributed by atoms with Crippen LogP contribution in [0.3, 0.4) is 0 Å². The quantitative estimate of drug-likeness (QED) is 0.895. The Labute approximate surface area is 129 Å². The van der Waals surface area contributed by atoms with Crippen LogP contribution in [0, 0.1) is 12.8 Å². The van der Waals surface area contributed by atoms with E-state index in [2.05, 4.69) is 59.8 Å². The van der Waals surface area contributed by atoms with Crippen molar-refractivity contribution < 1.29 is 0 Å². The van der Waals surface area contributed by atoms with Crippen molar-refractivity contribution in [2.75, 3.05) is 44.7 Å². The lowest BCUT2D eigenvalue weighted by molar-refractivity contribution is 0.360. The van der Waals surface area contributed by atoms with Gasteiger partial charge in [-0.1, -0.05) is 13.8 Å². The molecule has 0 unspecified atom stereocenters. The number of anilines is 1. The Kier molecular flexibility index (Phi) is 5.65. The Morgan fingerprint density at radius 2 is 1.90 bits per heavy atom. The second-order valence-electron chi connectivity index (χ2n) is 6.68. The maximum atomic E-state index is 4.66. The number of aromatic nitrogens is 2. The van der Waals surface area contributed by atoms with Crippen LogP contribution in [0.2, 0.25) is 0 Å². The van der Waals surface area contributed by atoms with Gasteiger partial charge in [0.2, 0.25) is 0 Å². The van der Waals surface area contributed by atoms with Crippen LogP contribution in [-0.2, 0) is 13.6 Å². The van der Waals surface area contributed by atoms with E-state index in [1.165, 1.54) is 24.3 Å². The van der Waals surface area contributed by atoms with Crippen LogP contribution < -0.4 is 10.2 Å². The van der Waals surface area contributed by atoms with Crippen LogP contribution in [0.1, 0.15) is 31.5 Å². The average molecular weight is 293 g/mol. The van der Waals surface area contributed by atoms with Gasteiger partial charge in [-0.05, 0) is 39.4 Å². The Bertz CT molecular complexity index is 452. The molecule has 0 aromatic carbocycles. The topological polar surface area (TPSA) is 36.3 Å². The first-order valence-corrected chi connectivity index (χ1v) is 8.15. The van der Waals surface area contributed by atoms with Crippen molar-refractivity contribution in [1.82, 2.24) is 20.0 Å². The largest absolute Gasteiger partial charge is 0.355 e. The smallest absolute Gasteiger partial charge is 0.131 e. The molecule has 1 N–H and O–H groups in total. The molecule has 21 heavy (non-hydrogen) atoms. The van der Waals surface area contributed by atoms with Gasteiger partial charge in [0.1, 0.15) is 5.82 Å². The van der Waals surface area contributed by atoms with E-state index in [0.29, 0.717) is 5.92 Å². The van der Waals surface area contributed by atoms with Gasteiger partial charge in [-0.15, -0.1) is 0 Å². The zero-order valence-corrected chi connectivity index (χ0v) is 14.3. The molecular formula is C16H31N5. The van der Waals surface area contributed by atoms with Crippen molar-refractivity contribution in [2.24, 2.45) is 13.0 Å². The molecule has 0 spiro atoms. The lowest BCUT2D eigenvalue weighted by atomic mass is 10.2. The summed E-state index contributed by atoms with van der Waals surface area (Å²) < 4.78 is 2.06. The number of rotatable bonds is 5. The van der Waals surface area contributed by atoms with Gasteiger partial charge in [0.25, 0.3) is 0 Å². The fraction of sp³-hybridized carbons (Fsp3) is 0.812. The Morgan fingerprint density at radius 3 is 2.62 bits per heavy atom. The van der Waals surface area contributed by atoms with E-state index in [0.717, 1.165) is 38.4 Å². The first-order chi connectivity index (χ1) is 9.99. The summed E-state index contributed by atoms with van der Waals surface area (Å²) in [5, 5.41) is 8.22. The molecule has 0 bridgehead atoms. The van der Waals surface area contributed by atoms with E-state index in [1.807, 2.05) is 0 Å². The molecule has 2 heterocycles. The number of likely N-dealkylation sites (N-methyl/N-ethyl adjacent to an activating group) is 1. The van der Waals surface area contributed by atoms with Gasteiger partial charge in [0.15, 0.2) is 0 Å². The molecule has 0 amide bonds. The van der Waals surface area contributed by atoms with E-state index in [9.17, 15) is 0 Å². The van der Waals surface area contributed by atoms with Crippen molar-refractivity contribution >= 4 is 5.82 Å². The van der Waals surface area contributed by atoms with Gasteiger partial charge in [-0.25, -0.2) is 0 Å². The summed E-state index contributed by atoms with van der Waals surface area (Å²) in [5.41, 5.74) is 2.52. The normalized spacial score (nSPS) is 17.5. The van der Waals surface area contributed by atoms with Crippen molar-refractivity contribution in [3.63, 3.8) is 0 Å². The molecule has 0 radical (unpaired) electrons. The fourth-order valence-corrected chi connectivity index (χ4v) is 3.04. The van der Waals surface area contributed by atoms with Gasteiger partial charge >= 0.3 is 0 Å². The average Bonchev–Trinajstić information content (AvgIpc) is 2.58. The van der Waals surface area contributed by atoms with Gasteiger partial charge in [-0.2, -0.15) is 5.10 Å². The molecule has 0 saturated carbocycles. The molecule has 5 nitrogen and oxygen atoms in total. The summed E-state index contributed by atoms with van der Waals surface area (Å²) in [7, 11) is 4.28. The lowest BCUT2D eigenvalue weighted by Gasteiger charge is -2.24. The molecular weight excluding hydrogens is 262 g/mol. The van der Waals surface area contributed by atoms with Crippen molar-refractivity contribution in [2.45, 2.75) is 33.7 Å². The zero-order chi connectivity index (χ0) is 15.4. The molecule has 0 aliphatic carbocycles.